The average Bonchev–Trinajstić information content (AvgIpc) is 3.07. The molecule has 0 aliphatic carbocycles. The molecule has 1 fully saturated rings. The third-order valence-electron chi connectivity index (χ3n) is 4.86. The number of aromatic amines is 1. The van der Waals surface area contributed by atoms with Crippen LogP contribution < -0.4 is 11.3 Å². The molecule has 1 aliphatic heterocycles. The number of nitrogens with zero attached hydrogens (tertiary/aromatic N) is 2. The number of nitrogens with two attached hydrogens (primary N) is 1. The lowest BCUT2D eigenvalue weighted by Crippen LogP contribution is -2.47. The van der Waals surface area contributed by atoms with Crippen molar-refractivity contribution in [2.45, 2.75) is 31.8 Å². The van der Waals surface area contributed by atoms with E-state index >= 15 is 0 Å². The van der Waals surface area contributed by atoms with Gasteiger partial charge in [0.1, 0.15) is 10.5 Å². The van der Waals surface area contributed by atoms with Crippen molar-refractivity contribution in [1.29, 1.82) is 0 Å². The maximum absolute atomic E-state index is 12.5. The van der Waals surface area contributed by atoms with Gasteiger partial charge in [-0.2, -0.15) is 0 Å². The molecule has 1 atom stereocenters. The molecule has 3 heterocycles. The number of H-pyrrole nitrogens is 1. The van der Waals surface area contributed by atoms with Crippen molar-refractivity contribution in [1.82, 2.24) is 14.9 Å². The highest BCUT2D eigenvalue weighted by Gasteiger charge is 2.27. The molecule has 0 bridgehead atoms. The van der Waals surface area contributed by atoms with Gasteiger partial charge in [-0.1, -0.05) is 30.2 Å². The van der Waals surface area contributed by atoms with Crippen molar-refractivity contribution in [3.8, 4) is 10.4 Å². The van der Waals surface area contributed by atoms with Crippen LogP contribution >= 0.6 is 22.9 Å². The van der Waals surface area contributed by atoms with Gasteiger partial charge in [0.05, 0.1) is 18.1 Å². The van der Waals surface area contributed by atoms with E-state index in [1.54, 1.807) is 0 Å². The van der Waals surface area contributed by atoms with E-state index in [0.717, 1.165) is 36.2 Å². The number of halogens is 1. The zero-order valence-corrected chi connectivity index (χ0v) is 16.1. The molecule has 4 rings (SSSR count). The summed E-state index contributed by atoms with van der Waals surface area (Å²) >= 11 is 7.35. The molecule has 3 aromatic rings. The Morgan fingerprint density at radius 1 is 1.33 bits per heavy atom. The number of fused-ring (bicyclic) bond motifs is 1. The normalized spacial score (nSPS) is 18.0. The number of aromatic nitrogens is 2. The minimum Gasteiger partial charge on any atom is -0.368 e. The second-order valence-corrected chi connectivity index (χ2v) is 8.22. The third-order valence-corrected chi connectivity index (χ3v) is 6.28. The van der Waals surface area contributed by atoms with Gasteiger partial charge in [-0.3, -0.25) is 14.5 Å². The standard InChI is InChI=1S/C19H19ClN4O2S/c20-12-6-4-11(5-7-12)15-9-13-17(27-15)19(26)23-16(22-13)10-24-8-2-1-3-14(24)18(21)25/h4-7,9,14H,1-3,8,10H2,(H2,21,25)(H,22,23,26)/t14-/m0/s1. The van der Waals surface area contributed by atoms with Gasteiger partial charge in [0.25, 0.3) is 5.56 Å². The van der Waals surface area contributed by atoms with Crippen molar-refractivity contribution in [3.05, 3.63) is 51.5 Å². The monoisotopic (exact) mass is 402 g/mol. The van der Waals surface area contributed by atoms with Crippen LogP contribution in [-0.4, -0.2) is 33.4 Å². The Morgan fingerprint density at radius 3 is 2.85 bits per heavy atom. The number of likely N-dealkylation sites (tertiary alicyclic amines) is 1. The molecule has 6 nitrogen and oxygen atoms in total. The van der Waals surface area contributed by atoms with Crippen LogP contribution in [-0.2, 0) is 11.3 Å². The highest BCUT2D eigenvalue weighted by molar-refractivity contribution is 7.22. The number of carbonyl (C=O) groups excluding carboxylic acids is 1. The molecule has 2 aromatic heterocycles. The summed E-state index contributed by atoms with van der Waals surface area (Å²) < 4.78 is 0.591. The topological polar surface area (TPSA) is 92.1 Å². The zero-order chi connectivity index (χ0) is 19.0. The summed E-state index contributed by atoms with van der Waals surface area (Å²) in [6, 6.07) is 9.12. The number of thiophene rings is 1. The molecule has 1 amide bonds. The molecule has 1 aliphatic rings. The first-order valence-electron chi connectivity index (χ1n) is 8.83. The van der Waals surface area contributed by atoms with Crippen LogP contribution in [0.25, 0.3) is 20.7 Å². The lowest BCUT2D eigenvalue weighted by atomic mass is 10.0. The third kappa shape index (κ3) is 3.76. The van der Waals surface area contributed by atoms with Gasteiger partial charge in [-0.15, -0.1) is 11.3 Å². The Labute approximate surface area is 165 Å². The summed E-state index contributed by atoms with van der Waals surface area (Å²) in [5.41, 5.74) is 7.03. The number of nitrogens with one attached hydrogen (secondary N) is 1. The Kier molecular flexibility index (Phi) is 4.99. The summed E-state index contributed by atoms with van der Waals surface area (Å²) in [5, 5.41) is 0.670. The van der Waals surface area contributed by atoms with Crippen molar-refractivity contribution in [2.24, 2.45) is 5.73 Å². The van der Waals surface area contributed by atoms with Crippen LogP contribution in [0.1, 0.15) is 25.1 Å². The predicted molar refractivity (Wildman–Crippen MR) is 108 cm³/mol. The molecular weight excluding hydrogens is 384 g/mol. The smallest absolute Gasteiger partial charge is 0.268 e. The van der Waals surface area contributed by atoms with Crippen LogP contribution in [0.2, 0.25) is 5.02 Å². The Hall–Kier alpha value is -2.22. The summed E-state index contributed by atoms with van der Waals surface area (Å²) in [6.07, 6.45) is 2.75. The van der Waals surface area contributed by atoms with Gasteiger partial charge in [-0.25, -0.2) is 4.98 Å². The Morgan fingerprint density at radius 2 is 2.11 bits per heavy atom. The Bertz CT molecular complexity index is 1040. The molecule has 27 heavy (non-hydrogen) atoms. The second-order valence-electron chi connectivity index (χ2n) is 6.73. The maximum atomic E-state index is 12.5. The van der Waals surface area contributed by atoms with E-state index in [-0.39, 0.29) is 17.5 Å². The van der Waals surface area contributed by atoms with Gasteiger partial charge in [-0.05, 0) is 43.1 Å². The molecule has 1 saturated heterocycles. The number of hydrogen-bond donors (Lipinski definition) is 2. The van der Waals surface area contributed by atoms with Crippen molar-refractivity contribution in [2.75, 3.05) is 6.54 Å². The van der Waals surface area contributed by atoms with E-state index in [2.05, 4.69) is 9.97 Å². The van der Waals surface area contributed by atoms with Crippen LogP contribution in [0.5, 0.6) is 0 Å². The van der Waals surface area contributed by atoms with Gasteiger partial charge in [0, 0.05) is 9.90 Å². The minimum absolute atomic E-state index is 0.159. The van der Waals surface area contributed by atoms with Crippen LogP contribution in [0.15, 0.2) is 35.1 Å². The molecule has 0 radical (unpaired) electrons. The minimum atomic E-state index is -0.321. The molecule has 1 aromatic carbocycles. The first-order chi connectivity index (χ1) is 13.0. The van der Waals surface area contributed by atoms with E-state index in [0.29, 0.717) is 27.6 Å². The maximum Gasteiger partial charge on any atom is 0.268 e. The van der Waals surface area contributed by atoms with E-state index in [1.165, 1.54) is 11.3 Å². The van der Waals surface area contributed by atoms with Gasteiger partial charge in [0.2, 0.25) is 5.91 Å². The van der Waals surface area contributed by atoms with E-state index in [4.69, 9.17) is 17.3 Å². The van der Waals surface area contributed by atoms with Crippen LogP contribution in [0.4, 0.5) is 0 Å². The first kappa shape index (κ1) is 18.2. The molecule has 0 saturated carbocycles. The quantitative estimate of drug-likeness (QED) is 0.701. The largest absolute Gasteiger partial charge is 0.368 e. The molecule has 8 heteroatoms. The van der Waals surface area contributed by atoms with E-state index in [1.807, 2.05) is 35.2 Å². The fourth-order valence-corrected chi connectivity index (χ4v) is 4.64. The van der Waals surface area contributed by atoms with E-state index in [9.17, 15) is 9.59 Å². The summed E-state index contributed by atoms with van der Waals surface area (Å²) in [4.78, 5) is 34.7. The summed E-state index contributed by atoms with van der Waals surface area (Å²) in [6.45, 7) is 1.18. The van der Waals surface area contributed by atoms with Crippen molar-refractivity contribution in [3.63, 3.8) is 0 Å². The highest BCUT2D eigenvalue weighted by atomic mass is 35.5. The van der Waals surface area contributed by atoms with Gasteiger partial charge >= 0.3 is 0 Å². The Balaban J connectivity index is 1.66. The number of primary amides is 1. The number of piperidine rings is 1. The number of amides is 1. The molecular formula is C19H19ClN4O2S. The molecule has 0 unspecified atom stereocenters. The fourth-order valence-electron chi connectivity index (χ4n) is 3.51. The molecule has 3 N–H and O–H groups in total. The highest BCUT2D eigenvalue weighted by Crippen LogP contribution is 2.31. The van der Waals surface area contributed by atoms with Crippen LogP contribution in [0.3, 0.4) is 0 Å². The summed E-state index contributed by atoms with van der Waals surface area (Å²) in [5.74, 6) is 0.236. The molecule has 0 spiro atoms. The summed E-state index contributed by atoms with van der Waals surface area (Å²) in [7, 11) is 0. The average molecular weight is 403 g/mol. The molecule has 140 valence electrons. The second kappa shape index (κ2) is 7.42. The number of hydrogen-bond acceptors (Lipinski definition) is 5. The SMILES string of the molecule is NC(=O)[C@@H]1CCCCN1Cc1nc2cc(-c3ccc(Cl)cc3)sc2c(=O)[nH]1. The number of rotatable bonds is 4. The van der Waals surface area contributed by atoms with Crippen LogP contribution in [0, 0.1) is 0 Å². The van der Waals surface area contributed by atoms with Crippen molar-refractivity contribution >= 4 is 39.1 Å². The van der Waals surface area contributed by atoms with Crippen molar-refractivity contribution < 1.29 is 4.79 Å². The number of benzene rings is 1. The van der Waals surface area contributed by atoms with Gasteiger partial charge in [0.15, 0.2) is 0 Å². The first-order valence-corrected chi connectivity index (χ1v) is 10.0. The zero-order valence-electron chi connectivity index (χ0n) is 14.6. The predicted octanol–water partition coefficient (Wildman–Crippen LogP) is 3.14. The fraction of sp³-hybridized carbons (Fsp3) is 0.316. The number of carbonyl (C=O) groups is 1. The van der Waals surface area contributed by atoms with E-state index < -0.39 is 0 Å². The lowest BCUT2D eigenvalue weighted by Gasteiger charge is -2.32. The lowest BCUT2D eigenvalue weighted by molar-refractivity contribution is -0.124. The van der Waals surface area contributed by atoms with Gasteiger partial charge < -0.3 is 10.7 Å².